The number of ether oxygens (including phenoxy) is 2. The number of nitrogens with one attached hydrogen (secondary N) is 2. The van der Waals surface area contributed by atoms with E-state index in [9.17, 15) is 19.2 Å². The fourth-order valence-electron chi connectivity index (χ4n) is 3.48. The predicted molar refractivity (Wildman–Crippen MR) is 124 cm³/mol. The molecule has 8 heteroatoms. The normalized spacial score (nSPS) is 13.0. The number of fused-ring (bicyclic) bond motifs is 1. The van der Waals surface area contributed by atoms with Crippen LogP contribution in [0.2, 0.25) is 0 Å². The van der Waals surface area contributed by atoms with Gasteiger partial charge in [-0.25, -0.2) is 0 Å². The second-order valence-corrected chi connectivity index (χ2v) is 7.64. The Morgan fingerprint density at radius 1 is 0.941 bits per heavy atom. The van der Waals surface area contributed by atoms with Crippen molar-refractivity contribution in [2.45, 2.75) is 12.5 Å². The van der Waals surface area contributed by atoms with Crippen LogP contribution in [-0.4, -0.2) is 36.8 Å². The Kier molecular flexibility index (Phi) is 6.98. The van der Waals surface area contributed by atoms with E-state index in [1.54, 1.807) is 48.5 Å². The number of hydrogen-bond donors (Lipinski definition) is 2. The summed E-state index contributed by atoms with van der Waals surface area (Å²) in [4.78, 5) is 49.2. The maximum absolute atomic E-state index is 12.6. The van der Waals surface area contributed by atoms with Gasteiger partial charge in [0.2, 0.25) is 0 Å². The van der Waals surface area contributed by atoms with E-state index in [0.717, 1.165) is 5.56 Å². The number of hydrogen-bond acceptors (Lipinski definition) is 6. The Balaban J connectivity index is 1.39. The number of esters is 1. The summed E-state index contributed by atoms with van der Waals surface area (Å²) in [5.41, 5.74) is 1.87. The van der Waals surface area contributed by atoms with Crippen molar-refractivity contribution >= 4 is 29.3 Å². The van der Waals surface area contributed by atoms with Crippen molar-refractivity contribution in [3.63, 3.8) is 0 Å². The average Bonchev–Trinajstić information content (AvgIpc) is 2.87. The number of amides is 2. The molecular formula is C26H22N2O6. The molecule has 0 radical (unpaired) electrons. The van der Waals surface area contributed by atoms with Crippen molar-refractivity contribution in [3.05, 3.63) is 95.6 Å². The molecule has 1 unspecified atom stereocenters. The molecule has 0 spiro atoms. The molecule has 2 N–H and O–H groups in total. The first-order valence-corrected chi connectivity index (χ1v) is 10.7. The number of benzene rings is 3. The zero-order valence-corrected chi connectivity index (χ0v) is 18.2. The predicted octanol–water partition coefficient (Wildman–Crippen LogP) is 3.30. The van der Waals surface area contributed by atoms with E-state index in [1.807, 2.05) is 24.3 Å². The van der Waals surface area contributed by atoms with Crippen LogP contribution in [-0.2, 0) is 14.3 Å². The van der Waals surface area contributed by atoms with Gasteiger partial charge in [-0.15, -0.1) is 0 Å². The quantitative estimate of drug-likeness (QED) is 0.396. The number of Topliss-reactive ketones (excluding diaryl/α,β-unsaturated/α-hetero) is 1. The van der Waals surface area contributed by atoms with Gasteiger partial charge < -0.3 is 20.1 Å². The average molecular weight is 458 g/mol. The second kappa shape index (κ2) is 10.4. The first-order valence-electron chi connectivity index (χ1n) is 10.7. The third-order valence-electron chi connectivity index (χ3n) is 5.21. The van der Waals surface area contributed by atoms with Crippen LogP contribution >= 0.6 is 0 Å². The molecule has 1 aliphatic rings. The molecule has 0 aliphatic carbocycles. The number of ketones is 1. The highest BCUT2D eigenvalue weighted by Gasteiger charge is 2.22. The standard InChI is InChI=1S/C26H22N2O6/c29-22(19-11-12-23-21(13-19)27-24(30)16-33-23)15-34-25(31)14-20(17-7-3-1-4-8-17)28-26(32)18-9-5-2-6-10-18/h1-13,20H,14-16H2,(H,27,30)(H,28,32). The van der Waals surface area contributed by atoms with Gasteiger partial charge in [-0.3, -0.25) is 19.2 Å². The lowest BCUT2D eigenvalue weighted by Crippen LogP contribution is -2.31. The van der Waals surface area contributed by atoms with Crippen LogP contribution in [0.15, 0.2) is 78.9 Å². The molecule has 0 saturated carbocycles. The summed E-state index contributed by atoms with van der Waals surface area (Å²) in [5, 5.41) is 5.49. The molecule has 1 aliphatic heterocycles. The molecule has 0 aromatic heterocycles. The highest BCUT2D eigenvalue weighted by molar-refractivity contribution is 6.01. The molecule has 2 amide bonds. The van der Waals surface area contributed by atoms with Gasteiger partial charge in [-0.05, 0) is 35.9 Å². The van der Waals surface area contributed by atoms with E-state index in [4.69, 9.17) is 9.47 Å². The zero-order valence-electron chi connectivity index (χ0n) is 18.2. The third-order valence-corrected chi connectivity index (χ3v) is 5.21. The molecule has 3 aromatic rings. The summed E-state index contributed by atoms with van der Waals surface area (Å²) in [6, 6.07) is 21.7. The lowest BCUT2D eigenvalue weighted by molar-refractivity contribution is -0.143. The molecule has 0 saturated heterocycles. The maximum atomic E-state index is 12.6. The molecular weight excluding hydrogens is 436 g/mol. The topological polar surface area (TPSA) is 111 Å². The van der Waals surface area contributed by atoms with E-state index in [2.05, 4.69) is 10.6 Å². The smallest absolute Gasteiger partial charge is 0.308 e. The number of carbonyl (C=O) groups excluding carboxylic acids is 4. The summed E-state index contributed by atoms with van der Waals surface area (Å²) < 4.78 is 10.5. The second-order valence-electron chi connectivity index (χ2n) is 7.64. The Hall–Kier alpha value is -4.46. The van der Waals surface area contributed by atoms with Crippen molar-refractivity contribution in [2.75, 3.05) is 18.5 Å². The number of carbonyl (C=O) groups is 4. The fourth-order valence-corrected chi connectivity index (χ4v) is 3.48. The number of rotatable bonds is 8. The first kappa shape index (κ1) is 22.7. The van der Waals surface area contributed by atoms with Crippen LogP contribution in [0.5, 0.6) is 5.75 Å². The van der Waals surface area contributed by atoms with Gasteiger partial charge in [0, 0.05) is 11.1 Å². The van der Waals surface area contributed by atoms with Crippen LogP contribution in [0.25, 0.3) is 0 Å². The molecule has 0 bridgehead atoms. The van der Waals surface area contributed by atoms with Crippen LogP contribution in [0.1, 0.15) is 38.7 Å². The van der Waals surface area contributed by atoms with Gasteiger partial charge in [0.15, 0.2) is 19.0 Å². The Bertz CT molecular complexity index is 1210. The zero-order chi connectivity index (χ0) is 23.9. The SMILES string of the molecule is O=C1COc2ccc(C(=O)COC(=O)CC(NC(=O)c3ccccc3)c3ccccc3)cc2N1. The van der Waals surface area contributed by atoms with Gasteiger partial charge in [0.05, 0.1) is 18.2 Å². The Labute approximate surface area is 195 Å². The molecule has 4 rings (SSSR count). The molecule has 34 heavy (non-hydrogen) atoms. The first-order chi connectivity index (χ1) is 16.5. The van der Waals surface area contributed by atoms with E-state index < -0.39 is 24.4 Å². The van der Waals surface area contributed by atoms with Gasteiger partial charge in [-0.1, -0.05) is 48.5 Å². The van der Waals surface area contributed by atoms with Gasteiger partial charge >= 0.3 is 5.97 Å². The highest BCUT2D eigenvalue weighted by Crippen LogP contribution is 2.28. The summed E-state index contributed by atoms with van der Waals surface area (Å²) in [6.07, 6.45) is -0.149. The fraction of sp³-hybridized carbons (Fsp3) is 0.154. The summed E-state index contributed by atoms with van der Waals surface area (Å²) >= 11 is 0. The minimum atomic E-state index is -0.634. The van der Waals surface area contributed by atoms with Crippen LogP contribution in [0, 0.1) is 0 Å². The monoisotopic (exact) mass is 458 g/mol. The van der Waals surface area contributed by atoms with Gasteiger partial charge in [0.25, 0.3) is 11.8 Å². The Morgan fingerprint density at radius 2 is 1.65 bits per heavy atom. The summed E-state index contributed by atoms with van der Waals surface area (Å²) in [6.45, 7) is -0.554. The number of anilines is 1. The molecule has 3 aromatic carbocycles. The Morgan fingerprint density at radius 3 is 2.38 bits per heavy atom. The maximum Gasteiger partial charge on any atom is 0.308 e. The van der Waals surface area contributed by atoms with Crippen molar-refractivity contribution in [1.82, 2.24) is 5.32 Å². The molecule has 1 heterocycles. The minimum absolute atomic E-state index is 0.0820. The van der Waals surface area contributed by atoms with E-state index >= 15 is 0 Å². The molecule has 8 nitrogen and oxygen atoms in total. The molecule has 1 atom stereocenters. The summed E-state index contributed by atoms with van der Waals surface area (Å²) in [5.74, 6) is -1.23. The van der Waals surface area contributed by atoms with Crippen LogP contribution in [0.3, 0.4) is 0 Å². The van der Waals surface area contributed by atoms with E-state index in [-0.39, 0.29) is 30.4 Å². The van der Waals surface area contributed by atoms with Crippen LogP contribution < -0.4 is 15.4 Å². The van der Waals surface area contributed by atoms with Crippen molar-refractivity contribution in [2.24, 2.45) is 0 Å². The lowest BCUT2D eigenvalue weighted by atomic mass is 10.0. The minimum Gasteiger partial charge on any atom is -0.482 e. The van der Waals surface area contributed by atoms with Crippen molar-refractivity contribution in [1.29, 1.82) is 0 Å². The van der Waals surface area contributed by atoms with Gasteiger partial charge in [0.1, 0.15) is 5.75 Å². The van der Waals surface area contributed by atoms with E-state index in [0.29, 0.717) is 17.0 Å². The largest absolute Gasteiger partial charge is 0.482 e. The van der Waals surface area contributed by atoms with E-state index in [1.165, 1.54) is 6.07 Å². The molecule has 0 fully saturated rings. The van der Waals surface area contributed by atoms with Crippen molar-refractivity contribution < 1.29 is 28.7 Å². The van der Waals surface area contributed by atoms with Gasteiger partial charge in [-0.2, -0.15) is 0 Å². The van der Waals surface area contributed by atoms with Crippen molar-refractivity contribution in [3.8, 4) is 5.75 Å². The summed E-state index contributed by atoms with van der Waals surface area (Å²) in [7, 11) is 0. The highest BCUT2D eigenvalue weighted by atomic mass is 16.5. The van der Waals surface area contributed by atoms with Crippen LogP contribution in [0.4, 0.5) is 5.69 Å². The molecule has 172 valence electrons. The lowest BCUT2D eigenvalue weighted by Gasteiger charge is -2.19. The third kappa shape index (κ3) is 5.66.